The average molecular weight is 482 g/mol. The molecule has 0 nitrogen and oxygen atoms in total. The van der Waals surface area contributed by atoms with Crippen molar-refractivity contribution in [1.29, 1.82) is 0 Å². The van der Waals surface area contributed by atoms with Crippen LogP contribution in [0.1, 0.15) is 0 Å². The molecule has 0 fully saturated rings. The van der Waals surface area contributed by atoms with Crippen molar-refractivity contribution in [2.45, 2.75) is 47.6 Å². The number of alkyl halides is 17. The minimum Gasteiger partial charge on any atom is -0.212 e. The lowest BCUT2D eigenvalue weighted by Gasteiger charge is -2.42. The number of hydrogen-bond acceptors (Lipinski definition) is 0. The minimum atomic E-state index is -8.82. The van der Waals surface area contributed by atoms with Gasteiger partial charge in [-0.3, -0.25) is 0 Å². The maximum atomic E-state index is 13.1. The fraction of sp³-hybridized carbons (Fsp3) is 0.800. The molecule has 0 heterocycles. The standard InChI is InChI=1S/C10HF19/c11-1-2(12)3(13,14)4(15,16)5(17,18)6(19,20)7(21,22)8(23,24)9(25,26)10(27,28)29/h1H/b2-1+. The Balaban J connectivity index is 6.81. The lowest BCUT2D eigenvalue weighted by Crippen LogP contribution is -2.74. The van der Waals surface area contributed by atoms with E-state index in [1.807, 2.05) is 0 Å². The molecular weight excluding hydrogens is 481 g/mol. The van der Waals surface area contributed by atoms with Crippen LogP contribution in [0.4, 0.5) is 83.4 Å². The highest BCUT2D eigenvalue weighted by Crippen LogP contribution is 2.64. The van der Waals surface area contributed by atoms with Crippen LogP contribution < -0.4 is 0 Å². The smallest absolute Gasteiger partial charge is 0.212 e. The molecule has 29 heavy (non-hydrogen) atoms. The Morgan fingerprint density at radius 1 is 0.414 bits per heavy atom. The van der Waals surface area contributed by atoms with Gasteiger partial charge in [-0.25, -0.2) is 8.78 Å². The zero-order valence-corrected chi connectivity index (χ0v) is 12.3. The summed E-state index contributed by atoms with van der Waals surface area (Å²) in [5.41, 5.74) is 0. The van der Waals surface area contributed by atoms with Crippen LogP contribution in [0, 0.1) is 0 Å². The van der Waals surface area contributed by atoms with E-state index >= 15 is 0 Å². The van der Waals surface area contributed by atoms with Crippen molar-refractivity contribution < 1.29 is 83.4 Å². The Bertz CT molecular complexity index is 634. The predicted molar refractivity (Wildman–Crippen MR) is 51.0 cm³/mol. The van der Waals surface area contributed by atoms with E-state index in [9.17, 15) is 83.4 Å². The average Bonchev–Trinajstić information content (AvgIpc) is 2.51. The fourth-order valence-electron chi connectivity index (χ4n) is 1.38. The summed E-state index contributed by atoms with van der Waals surface area (Å²) in [6, 6.07) is 0. The van der Waals surface area contributed by atoms with Crippen molar-refractivity contribution in [2.75, 3.05) is 0 Å². The normalized spacial score (nSPS) is 17.0. The summed E-state index contributed by atoms with van der Waals surface area (Å²) in [5.74, 6) is -63.3. The van der Waals surface area contributed by atoms with Gasteiger partial charge in [0, 0.05) is 0 Å². The van der Waals surface area contributed by atoms with E-state index < -0.39 is 59.8 Å². The molecule has 0 aromatic carbocycles. The SMILES string of the molecule is F/C=C(/F)C(F)(F)C(F)(F)C(F)(F)C(F)(F)C(F)(F)C(F)(F)C(F)(F)C(F)(F)F. The minimum absolute atomic E-state index is 2.27. The Morgan fingerprint density at radius 3 is 0.897 bits per heavy atom. The van der Waals surface area contributed by atoms with Crippen molar-refractivity contribution in [3.05, 3.63) is 12.2 Å². The molecule has 0 N–H and O–H groups in total. The van der Waals surface area contributed by atoms with Crippen LogP contribution in [-0.4, -0.2) is 47.6 Å². The molecule has 0 radical (unpaired) electrons. The van der Waals surface area contributed by atoms with E-state index in [1.54, 1.807) is 0 Å². The van der Waals surface area contributed by atoms with Gasteiger partial charge in [-0.1, -0.05) is 0 Å². The molecular formula is C10HF19. The van der Waals surface area contributed by atoms with E-state index in [1.165, 1.54) is 0 Å². The predicted octanol–water partition coefficient (Wildman–Crippen LogP) is 6.78. The van der Waals surface area contributed by atoms with E-state index in [0.29, 0.717) is 0 Å². The van der Waals surface area contributed by atoms with Gasteiger partial charge < -0.3 is 0 Å². The highest BCUT2D eigenvalue weighted by atomic mass is 19.4. The molecule has 0 amide bonds. The first-order chi connectivity index (χ1) is 12.2. The molecule has 0 aliphatic rings. The number of halogens is 19. The van der Waals surface area contributed by atoms with Crippen molar-refractivity contribution in [3.8, 4) is 0 Å². The first kappa shape index (κ1) is 27.4. The van der Waals surface area contributed by atoms with Crippen molar-refractivity contribution in [1.82, 2.24) is 0 Å². The fourth-order valence-corrected chi connectivity index (χ4v) is 1.38. The highest BCUT2D eigenvalue weighted by Gasteiger charge is 2.95. The molecule has 0 bridgehead atoms. The van der Waals surface area contributed by atoms with Crippen molar-refractivity contribution >= 4 is 0 Å². The van der Waals surface area contributed by atoms with Crippen LogP contribution in [-0.2, 0) is 0 Å². The summed E-state index contributed by atoms with van der Waals surface area (Å²) in [5, 5.41) is 0. The molecule has 0 saturated heterocycles. The third-order valence-corrected chi connectivity index (χ3v) is 3.12. The third-order valence-electron chi connectivity index (χ3n) is 3.12. The van der Waals surface area contributed by atoms with E-state index in [2.05, 4.69) is 0 Å². The molecule has 0 aliphatic heterocycles. The quantitative estimate of drug-likeness (QED) is 0.352. The van der Waals surface area contributed by atoms with Gasteiger partial charge in [0.2, 0.25) is 5.83 Å². The van der Waals surface area contributed by atoms with Crippen LogP contribution in [0.3, 0.4) is 0 Å². The van der Waals surface area contributed by atoms with Gasteiger partial charge in [0.25, 0.3) is 0 Å². The topological polar surface area (TPSA) is 0 Å². The zero-order valence-electron chi connectivity index (χ0n) is 12.3. The van der Waals surface area contributed by atoms with Crippen LogP contribution in [0.15, 0.2) is 12.2 Å². The molecule has 0 unspecified atom stereocenters. The second kappa shape index (κ2) is 6.71. The lowest BCUT2D eigenvalue weighted by atomic mass is 9.89. The maximum absolute atomic E-state index is 13.1. The molecule has 0 rings (SSSR count). The third kappa shape index (κ3) is 3.27. The molecule has 19 heteroatoms. The lowest BCUT2D eigenvalue weighted by molar-refractivity contribution is -0.460. The van der Waals surface area contributed by atoms with Gasteiger partial charge >= 0.3 is 47.6 Å². The summed E-state index contributed by atoms with van der Waals surface area (Å²) >= 11 is 0. The molecule has 0 spiro atoms. The van der Waals surface area contributed by atoms with Gasteiger partial charge in [-0.05, 0) is 0 Å². The summed E-state index contributed by atoms with van der Waals surface area (Å²) in [4.78, 5) is 0. The number of hydrogen-bond donors (Lipinski definition) is 0. The van der Waals surface area contributed by atoms with Gasteiger partial charge in [-0.2, -0.15) is 74.6 Å². The second-order valence-electron chi connectivity index (χ2n) is 4.98. The monoisotopic (exact) mass is 482 g/mol. The van der Waals surface area contributed by atoms with Crippen LogP contribution in [0.2, 0.25) is 0 Å². The summed E-state index contributed by atoms with van der Waals surface area (Å²) < 4.78 is 239. The highest BCUT2D eigenvalue weighted by molar-refractivity contribution is 5.19. The number of rotatable bonds is 7. The Morgan fingerprint density at radius 2 is 0.655 bits per heavy atom. The summed E-state index contributed by atoms with van der Waals surface area (Å²) in [6.07, 6.45) is -10.1. The Kier molecular flexibility index (Phi) is 6.34. The van der Waals surface area contributed by atoms with Crippen molar-refractivity contribution in [2.24, 2.45) is 0 Å². The van der Waals surface area contributed by atoms with Crippen LogP contribution in [0.5, 0.6) is 0 Å². The van der Waals surface area contributed by atoms with E-state index in [-0.39, 0.29) is 0 Å². The van der Waals surface area contributed by atoms with Crippen LogP contribution in [0.25, 0.3) is 0 Å². The first-order valence-corrected chi connectivity index (χ1v) is 5.91. The zero-order chi connectivity index (χ0) is 24.3. The molecule has 0 saturated carbocycles. The van der Waals surface area contributed by atoms with Gasteiger partial charge in [0.15, 0.2) is 0 Å². The molecule has 0 aliphatic carbocycles. The van der Waals surface area contributed by atoms with Crippen molar-refractivity contribution in [3.63, 3.8) is 0 Å². The largest absolute Gasteiger partial charge is 0.460 e. The van der Waals surface area contributed by atoms with Gasteiger partial charge in [-0.15, -0.1) is 0 Å². The van der Waals surface area contributed by atoms with E-state index in [0.717, 1.165) is 0 Å². The maximum Gasteiger partial charge on any atom is 0.460 e. The molecule has 0 atom stereocenters. The Labute approximate surface area is 144 Å². The summed E-state index contributed by atoms with van der Waals surface area (Å²) in [7, 11) is 0. The van der Waals surface area contributed by atoms with Gasteiger partial charge in [0.05, 0.1) is 0 Å². The molecule has 0 aromatic rings. The number of allylic oxidation sites excluding steroid dienone is 1. The molecule has 174 valence electrons. The first-order valence-electron chi connectivity index (χ1n) is 5.91. The second-order valence-corrected chi connectivity index (χ2v) is 4.98. The van der Waals surface area contributed by atoms with E-state index in [4.69, 9.17) is 0 Å². The summed E-state index contributed by atoms with van der Waals surface area (Å²) in [6.45, 7) is 0. The van der Waals surface area contributed by atoms with Gasteiger partial charge in [0.1, 0.15) is 6.33 Å². The molecule has 0 aromatic heterocycles. The Hall–Kier alpha value is -1.59. The van der Waals surface area contributed by atoms with Crippen LogP contribution >= 0.6 is 0 Å².